The minimum absolute atomic E-state index is 0.0458. The average Bonchev–Trinajstić information content (AvgIpc) is 2.54. The molecule has 0 fully saturated rings. The second-order valence-electron chi connectivity index (χ2n) is 5.31. The van der Waals surface area contributed by atoms with Crippen LogP contribution in [0.5, 0.6) is 5.75 Å². The number of carbonyl (C=O) groups is 1. The number of rotatable bonds is 7. The van der Waals surface area contributed by atoms with E-state index in [1.54, 1.807) is 30.3 Å². The Hall–Kier alpha value is -1.89. The second-order valence-corrected chi connectivity index (χ2v) is 7.31. The molecule has 7 heteroatoms. The van der Waals surface area contributed by atoms with Crippen LogP contribution in [-0.2, 0) is 16.4 Å². The first-order valence-electron chi connectivity index (χ1n) is 7.30. The molecule has 0 aliphatic carbocycles. The number of hydrogen-bond donors (Lipinski definition) is 1. The Balaban J connectivity index is 1.97. The van der Waals surface area contributed by atoms with Crippen molar-refractivity contribution in [1.82, 2.24) is 0 Å². The molecule has 0 atom stereocenters. The van der Waals surface area contributed by atoms with Crippen molar-refractivity contribution in [2.75, 3.05) is 7.11 Å². The average molecular weight is 368 g/mol. The van der Waals surface area contributed by atoms with Crippen molar-refractivity contribution >= 4 is 27.4 Å². The molecule has 2 aromatic rings. The Kier molecular flexibility index (Phi) is 5.99. The molecule has 0 amide bonds. The van der Waals surface area contributed by atoms with E-state index in [4.69, 9.17) is 21.5 Å². The van der Waals surface area contributed by atoms with Gasteiger partial charge in [-0.2, -0.15) is 0 Å². The van der Waals surface area contributed by atoms with Gasteiger partial charge < -0.3 is 4.74 Å². The van der Waals surface area contributed by atoms with Gasteiger partial charge in [-0.1, -0.05) is 23.7 Å². The van der Waals surface area contributed by atoms with Crippen molar-refractivity contribution in [3.63, 3.8) is 0 Å². The monoisotopic (exact) mass is 367 g/mol. The molecule has 0 radical (unpaired) electrons. The van der Waals surface area contributed by atoms with Gasteiger partial charge in [0.1, 0.15) is 5.75 Å². The Labute approximate surface area is 146 Å². The number of methoxy groups -OCH3 is 1. The third-order valence-corrected chi connectivity index (χ3v) is 4.75. The zero-order valence-electron chi connectivity index (χ0n) is 13.2. The maximum absolute atomic E-state index is 12.3. The quantitative estimate of drug-likeness (QED) is 0.761. The summed E-state index contributed by atoms with van der Waals surface area (Å²) in [5, 5.41) is 5.54. The van der Waals surface area contributed by atoms with Crippen LogP contribution in [0.2, 0.25) is 5.02 Å². The van der Waals surface area contributed by atoms with Crippen LogP contribution in [0.4, 0.5) is 0 Å². The number of sulfonamides is 1. The van der Waals surface area contributed by atoms with Crippen LogP contribution in [-0.4, -0.2) is 21.3 Å². The summed E-state index contributed by atoms with van der Waals surface area (Å²) in [6, 6.07) is 11.3. The summed E-state index contributed by atoms with van der Waals surface area (Å²) < 4.78 is 27.6. The van der Waals surface area contributed by atoms with Crippen LogP contribution in [0.1, 0.15) is 28.8 Å². The van der Waals surface area contributed by atoms with E-state index in [1.807, 2.05) is 0 Å². The molecule has 0 bridgehead atoms. The molecule has 0 heterocycles. The lowest BCUT2D eigenvalue weighted by atomic mass is 10.0. The lowest BCUT2D eigenvalue weighted by Gasteiger charge is -2.08. The van der Waals surface area contributed by atoms with Crippen LogP contribution < -0.4 is 9.88 Å². The Morgan fingerprint density at radius 2 is 1.83 bits per heavy atom. The van der Waals surface area contributed by atoms with Crippen LogP contribution in [0.25, 0.3) is 0 Å². The smallest absolute Gasteiger partial charge is 0.238 e. The van der Waals surface area contributed by atoms with E-state index >= 15 is 0 Å². The van der Waals surface area contributed by atoms with Crippen LogP contribution in [0, 0.1) is 0 Å². The predicted octanol–water partition coefficient (Wildman–Crippen LogP) is 3.20. The minimum Gasteiger partial charge on any atom is -0.496 e. The summed E-state index contributed by atoms with van der Waals surface area (Å²) in [5.74, 6) is 0.456. The van der Waals surface area contributed by atoms with Gasteiger partial charge in [-0.05, 0) is 48.7 Å². The molecule has 24 heavy (non-hydrogen) atoms. The molecule has 2 N–H and O–H groups in total. The van der Waals surface area contributed by atoms with Gasteiger partial charge in [-0.15, -0.1) is 0 Å². The first kappa shape index (κ1) is 18.4. The predicted molar refractivity (Wildman–Crippen MR) is 93.1 cm³/mol. The SMILES string of the molecule is COc1ccc(Cl)cc1C(=O)CCCc1ccc(S(N)(=O)=O)cc1. The number of benzene rings is 2. The molecular weight excluding hydrogens is 350 g/mol. The molecule has 0 saturated carbocycles. The molecule has 0 aromatic heterocycles. The fraction of sp³-hybridized carbons (Fsp3) is 0.235. The molecule has 0 aliphatic heterocycles. The molecular formula is C17H18ClNO4S. The zero-order chi connectivity index (χ0) is 17.7. The van der Waals surface area contributed by atoms with Crippen molar-refractivity contribution < 1.29 is 17.9 Å². The first-order valence-corrected chi connectivity index (χ1v) is 9.22. The highest BCUT2D eigenvalue weighted by atomic mass is 35.5. The van der Waals surface area contributed by atoms with E-state index < -0.39 is 10.0 Å². The van der Waals surface area contributed by atoms with Crippen LogP contribution in [0.15, 0.2) is 47.4 Å². The maximum atomic E-state index is 12.3. The fourth-order valence-electron chi connectivity index (χ4n) is 2.33. The first-order chi connectivity index (χ1) is 11.3. The van der Waals surface area contributed by atoms with Crippen molar-refractivity contribution in [2.45, 2.75) is 24.2 Å². The molecule has 0 spiro atoms. The highest BCUT2D eigenvalue weighted by molar-refractivity contribution is 7.89. The molecule has 0 aliphatic rings. The molecule has 0 unspecified atom stereocenters. The number of ketones is 1. The second kappa shape index (κ2) is 7.79. The molecule has 2 aromatic carbocycles. The van der Waals surface area contributed by atoms with Gasteiger partial charge in [-0.25, -0.2) is 13.6 Å². The third kappa shape index (κ3) is 4.80. The van der Waals surface area contributed by atoms with Crippen molar-refractivity contribution in [3.05, 3.63) is 58.6 Å². The molecule has 0 saturated heterocycles. The summed E-state index contributed by atoms with van der Waals surface area (Å²) in [6.45, 7) is 0. The number of primary sulfonamides is 1. The summed E-state index contributed by atoms with van der Waals surface area (Å²) >= 11 is 5.93. The highest BCUT2D eigenvalue weighted by Gasteiger charge is 2.13. The zero-order valence-corrected chi connectivity index (χ0v) is 14.7. The lowest BCUT2D eigenvalue weighted by Crippen LogP contribution is -2.11. The van der Waals surface area contributed by atoms with Crippen molar-refractivity contribution in [3.8, 4) is 5.75 Å². The topological polar surface area (TPSA) is 86.5 Å². The van der Waals surface area contributed by atoms with E-state index in [9.17, 15) is 13.2 Å². The largest absolute Gasteiger partial charge is 0.496 e. The number of aryl methyl sites for hydroxylation is 1. The van der Waals surface area contributed by atoms with Gasteiger partial charge in [-0.3, -0.25) is 4.79 Å². The Morgan fingerprint density at radius 1 is 1.17 bits per heavy atom. The van der Waals surface area contributed by atoms with Crippen LogP contribution in [0.3, 0.4) is 0 Å². The van der Waals surface area contributed by atoms with E-state index in [1.165, 1.54) is 19.2 Å². The van der Waals surface area contributed by atoms with E-state index in [0.717, 1.165) is 5.56 Å². The summed E-state index contributed by atoms with van der Waals surface area (Å²) in [5.41, 5.74) is 1.41. The minimum atomic E-state index is -3.68. The molecule has 2 rings (SSSR count). The maximum Gasteiger partial charge on any atom is 0.238 e. The van der Waals surface area contributed by atoms with Gasteiger partial charge in [0, 0.05) is 11.4 Å². The number of Topliss-reactive ketones (excluding diaryl/α,β-unsaturated/α-hetero) is 1. The van der Waals surface area contributed by atoms with Crippen LogP contribution >= 0.6 is 11.6 Å². The van der Waals surface area contributed by atoms with Crippen molar-refractivity contribution in [2.24, 2.45) is 5.14 Å². The Bertz CT molecular complexity index is 832. The number of nitrogens with two attached hydrogens (primary N) is 1. The highest BCUT2D eigenvalue weighted by Crippen LogP contribution is 2.24. The van der Waals surface area contributed by atoms with Crippen molar-refractivity contribution in [1.29, 1.82) is 0 Å². The summed E-state index contributed by atoms with van der Waals surface area (Å²) in [7, 11) is -2.17. The fourth-order valence-corrected chi connectivity index (χ4v) is 3.02. The third-order valence-electron chi connectivity index (χ3n) is 3.58. The molecule has 5 nitrogen and oxygen atoms in total. The van der Waals surface area contributed by atoms with Gasteiger partial charge in [0.2, 0.25) is 10.0 Å². The normalized spacial score (nSPS) is 11.3. The van der Waals surface area contributed by atoms with E-state index in [0.29, 0.717) is 35.6 Å². The standard InChI is InChI=1S/C17H18ClNO4S/c1-23-17-10-7-13(18)11-15(17)16(20)4-2-3-12-5-8-14(9-6-12)24(19,21)22/h5-11H,2-4H2,1H3,(H2,19,21,22). The lowest BCUT2D eigenvalue weighted by molar-refractivity contribution is 0.0977. The number of hydrogen-bond acceptors (Lipinski definition) is 4. The van der Waals surface area contributed by atoms with Gasteiger partial charge in [0.25, 0.3) is 0 Å². The van der Waals surface area contributed by atoms with Gasteiger partial charge in [0.15, 0.2) is 5.78 Å². The summed E-state index contributed by atoms with van der Waals surface area (Å²) in [4.78, 5) is 12.4. The van der Waals surface area contributed by atoms with E-state index in [2.05, 4.69) is 0 Å². The van der Waals surface area contributed by atoms with E-state index in [-0.39, 0.29) is 10.7 Å². The number of halogens is 1. The van der Waals surface area contributed by atoms with Gasteiger partial charge in [0.05, 0.1) is 17.6 Å². The Morgan fingerprint density at radius 3 is 2.42 bits per heavy atom. The molecule has 128 valence electrons. The summed E-state index contributed by atoms with van der Waals surface area (Å²) in [6.07, 6.45) is 1.62. The number of ether oxygens (including phenoxy) is 1. The number of carbonyl (C=O) groups excluding carboxylic acids is 1. The van der Waals surface area contributed by atoms with Gasteiger partial charge >= 0.3 is 0 Å².